The van der Waals surface area contributed by atoms with Gasteiger partial charge in [0.05, 0.1) is 27.4 Å². The highest BCUT2D eigenvalue weighted by Gasteiger charge is 2.34. The molecule has 1 rings (SSSR count). The van der Waals surface area contributed by atoms with E-state index < -0.39 is 24.3 Å². The number of methoxy groups -OCH3 is 2. The van der Waals surface area contributed by atoms with Gasteiger partial charge in [-0.15, -0.1) is 0 Å². The summed E-state index contributed by atoms with van der Waals surface area (Å²) in [5, 5.41) is 11.2. The van der Waals surface area contributed by atoms with Gasteiger partial charge in [0.1, 0.15) is 13.2 Å². The van der Waals surface area contributed by atoms with E-state index in [4.69, 9.17) is 14.2 Å². The first kappa shape index (κ1) is 21.7. The summed E-state index contributed by atoms with van der Waals surface area (Å²) in [6, 6.07) is 9.61. The standard InChI is InChI=1S/C18H25O8/c1-22-16(20)25-13-18(8-10-19,14-26-17(21)23-2)9-11-24-12-15-6-4-3-5-7-15/h3-7H,8-14H2,1-2H3. The van der Waals surface area contributed by atoms with E-state index in [1.807, 2.05) is 30.3 Å². The quantitative estimate of drug-likeness (QED) is 0.436. The lowest BCUT2D eigenvalue weighted by Crippen LogP contribution is -2.36. The van der Waals surface area contributed by atoms with E-state index in [2.05, 4.69) is 9.47 Å². The van der Waals surface area contributed by atoms with Crippen molar-refractivity contribution in [3.63, 3.8) is 0 Å². The number of hydrogen-bond acceptors (Lipinski definition) is 7. The number of hydrogen-bond donors (Lipinski definition) is 0. The van der Waals surface area contributed by atoms with Gasteiger partial charge in [-0.2, -0.15) is 0 Å². The highest BCUT2D eigenvalue weighted by molar-refractivity contribution is 5.60. The van der Waals surface area contributed by atoms with Crippen LogP contribution in [0.5, 0.6) is 0 Å². The van der Waals surface area contributed by atoms with E-state index in [1.165, 1.54) is 14.2 Å². The molecule has 0 aliphatic heterocycles. The molecule has 0 aliphatic rings. The monoisotopic (exact) mass is 369 g/mol. The molecule has 0 N–H and O–H groups in total. The molecule has 0 spiro atoms. The third-order valence-electron chi connectivity index (χ3n) is 3.85. The van der Waals surface area contributed by atoms with Crippen molar-refractivity contribution < 1.29 is 38.4 Å². The Labute approximate surface area is 152 Å². The van der Waals surface area contributed by atoms with Crippen LogP contribution in [-0.4, -0.2) is 53.0 Å². The molecule has 0 unspecified atom stereocenters. The first-order valence-corrected chi connectivity index (χ1v) is 8.16. The molecule has 0 saturated carbocycles. The molecular weight excluding hydrogens is 344 g/mol. The molecule has 0 saturated heterocycles. The maximum absolute atomic E-state index is 11.3. The number of ether oxygens (including phenoxy) is 5. The Hall–Kier alpha value is -2.32. The Bertz CT molecular complexity index is 511. The highest BCUT2D eigenvalue weighted by Crippen LogP contribution is 2.28. The average Bonchev–Trinajstić information content (AvgIpc) is 2.68. The number of carbonyl (C=O) groups excluding carboxylic acids is 2. The fourth-order valence-electron chi connectivity index (χ4n) is 2.27. The van der Waals surface area contributed by atoms with E-state index >= 15 is 0 Å². The molecule has 0 atom stereocenters. The molecule has 1 aromatic rings. The normalized spacial score (nSPS) is 10.9. The van der Waals surface area contributed by atoms with Crippen LogP contribution in [0.3, 0.4) is 0 Å². The minimum absolute atomic E-state index is 0.131. The maximum atomic E-state index is 11.3. The third-order valence-corrected chi connectivity index (χ3v) is 3.85. The van der Waals surface area contributed by atoms with Crippen molar-refractivity contribution in [1.29, 1.82) is 0 Å². The van der Waals surface area contributed by atoms with Crippen LogP contribution in [-0.2, 0) is 35.4 Å². The van der Waals surface area contributed by atoms with Crippen molar-refractivity contribution in [1.82, 2.24) is 0 Å². The van der Waals surface area contributed by atoms with Crippen LogP contribution in [0, 0.1) is 5.41 Å². The minimum Gasteiger partial charge on any atom is -0.438 e. The summed E-state index contributed by atoms with van der Waals surface area (Å²) < 4.78 is 24.5. The largest absolute Gasteiger partial charge is 0.507 e. The van der Waals surface area contributed by atoms with Gasteiger partial charge in [0.15, 0.2) is 0 Å². The van der Waals surface area contributed by atoms with Gasteiger partial charge in [0.2, 0.25) is 0 Å². The Balaban J connectivity index is 2.65. The number of rotatable bonds is 11. The predicted molar refractivity (Wildman–Crippen MR) is 90.0 cm³/mol. The van der Waals surface area contributed by atoms with Crippen LogP contribution in [0.15, 0.2) is 30.3 Å². The van der Waals surface area contributed by atoms with E-state index in [9.17, 15) is 14.7 Å². The van der Waals surface area contributed by atoms with E-state index in [0.717, 1.165) is 5.56 Å². The first-order chi connectivity index (χ1) is 12.5. The zero-order valence-electron chi connectivity index (χ0n) is 15.1. The fourth-order valence-corrected chi connectivity index (χ4v) is 2.27. The van der Waals surface area contributed by atoms with Crippen LogP contribution in [0.25, 0.3) is 0 Å². The molecule has 1 radical (unpaired) electrons. The summed E-state index contributed by atoms with van der Waals surface area (Å²) in [6.45, 7) is 0.0168. The van der Waals surface area contributed by atoms with Gasteiger partial charge >= 0.3 is 12.3 Å². The predicted octanol–water partition coefficient (Wildman–Crippen LogP) is 2.97. The summed E-state index contributed by atoms with van der Waals surface area (Å²) in [5.41, 5.74) is 0.138. The van der Waals surface area contributed by atoms with E-state index in [-0.39, 0.29) is 19.6 Å². The summed E-state index contributed by atoms with van der Waals surface area (Å²) >= 11 is 0. The molecule has 0 heterocycles. The lowest BCUT2D eigenvalue weighted by Gasteiger charge is -2.31. The summed E-state index contributed by atoms with van der Waals surface area (Å²) in [7, 11) is 2.37. The van der Waals surface area contributed by atoms with Crippen LogP contribution in [0.4, 0.5) is 9.59 Å². The molecule has 8 heteroatoms. The lowest BCUT2D eigenvalue weighted by molar-refractivity contribution is -0.0427. The summed E-state index contributed by atoms with van der Waals surface area (Å²) in [4.78, 5) is 22.6. The molecule has 145 valence electrons. The lowest BCUT2D eigenvalue weighted by atomic mass is 9.83. The maximum Gasteiger partial charge on any atom is 0.507 e. The van der Waals surface area contributed by atoms with Crippen molar-refractivity contribution in [2.45, 2.75) is 19.4 Å². The average molecular weight is 369 g/mol. The van der Waals surface area contributed by atoms with Gasteiger partial charge in [-0.25, -0.2) is 14.7 Å². The SMILES string of the molecule is COC(=O)OCC(CC[O])(CCOCc1ccccc1)COC(=O)OC. The molecule has 0 aliphatic carbocycles. The smallest absolute Gasteiger partial charge is 0.438 e. The Morgan fingerprint density at radius 3 is 2.00 bits per heavy atom. The molecule has 26 heavy (non-hydrogen) atoms. The zero-order valence-corrected chi connectivity index (χ0v) is 15.1. The van der Waals surface area contributed by atoms with E-state index in [1.54, 1.807) is 0 Å². The molecule has 0 bridgehead atoms. The van der Waals surface area contributed by atoms with Gasteiger partial charge < -0.3 is 23.7 Å². The van der Waals surface area contributed by atoms with Crippen LogP contribution in [0.2, 0.25) is 0 Å². The van der Waals surface area contributed by atoms with Crippen molar-refractivity contribution in [3.05, 3.63) is 35.9 Å². The van der Waals surface area contributed by atoms with Crippen LogP contribution in [0.1, 0.15) is 18.4 Å². The summed E-state index contributed by atoms with van der Waals surface area (Å²) in [5.74, 6) is 0. The van der Waals surface area contributed by atoms with Gasteiger partial charge in [-0.1, -0.05) is 30.3 Å². The Morgan fingerprint density at radius 2 is 1.50 bits per heavy atom. The van der Waals surface area contributed by atoms with Gasteiger partial charge in [-0.3, -0.25) is 0 Å². The second-order valence-corrected chi connectivity index (χ2v) is 5.73. The van der Waals surface area contributed by atoms with Crippen LogP contribution >= 0.6 is 0 Å². The Morgan fingerprint density at radius 1 is 0.923 bits per heavy atom. The second-order valence-electron chi connectivity index (χ2n) is 5.73. The molecule has 8 nitrogen and oxygen atoms in total. The molecule has 0 fully saturated rings. The molecule has 0 aromatic heterocycles. The number of benzene rings is 1. The summed E-state index contributed by atoms with van der Waals surface area (Å²) in [6.07, 6.45) is -1.25. The van der Waals surface area contributed by atoms with Crippen molar-refractivity contribution in [3.8, 4) is 0 Å². The highest BCUT2D eigenvalue weighted by atomic mass is 16.7. The van der Waals surface area contributed by atoms with Gasteiger partial charge in [-0.05, 0) is 18.4 Å². The third kappa shape index (κ3) is 8.17. The van der Waals surface area contributed by atoms with Crippen LogP contribution < -0.4 is 0 Å². The fraction of sp³-hybridized carbons (Fsp3) is 0.556. The Kier molecular flexibility index (Phi) is 10.1. The van der Waals surface area contributed by atoms with Crippen molar-refractivity contribution in [2.75, 3.05) is 40.6 Å². The molecule has 1 aromatic carbocycles. The number of carbonyl (C=O) groups is 2. The topological polar surface area (TPSA) is 100 Å². The molecular formula is C18H25O8. The zero-order chi connectivity index (χ0) is 19.3. The van der Waals surface area contributed by atoms with E-state index in [0.29, 0.717) is 19.6 Å². The van der Waals surface area contributed by atoms with Crippen molar-refractivity contribution in [2.24, 2.45) is 5.41 Å². The molecule has 0 amide bonds. The second kappa shape index (κ2) is 12.1. The first-order valence-electron chi connectivity index (χ1n) is 8.16. The van der Waals surface area contributed by atoms with Gasteiger partial charge in [0.25, 0.3) is 0 Å². The minimum atomic E-state index is -0.874. The van der Waals surface area contributed by atoms with Crippen molar-refractivity contribution >= 4 is 12.3 Å². The van der Waals surface area contributed by atoms with Gasteiger partial charge in [0, 0.05) is 12.0 Å².